The second-order valence-corrected chi connectivity index (χ2v) is 6.07. The van der Waals surface area contributed by atoms with E-state index in [0.717, 1.165) is 42.4 Å². The van der Waals surface area contributed by atoms with Crippen LogP contribution in [0.1, 0.15) is 18.2 Å². The van der Waals surface area contributed by atoms with Gasteiger partial charge in [-0.1, -0.05) is 36.4 Å². The Balaban J connectivity index is 1.60. The van der Waals surface area contributed by atoms with Crippen LogP contribution in [0.25, 0.3) is 10.9 Å². The monoisotopic (exact) mass is 350 g/mol. The quantitative estimate of drug-likeness (QED) is 0.452. The molecule has 0 aliphatic heterocycles. The minimum Gasteiger partial charge on any atom is -0.496 e. The Bertz CT molecular complexity index is 836. The van der Waals surface area contributed by atoms with Gasteiger partial charge in [-0.3, -0.25) is 0 Å². The molecule has 0 radical (unpaired) electrons. The number of fused-ring (bicyclic) bond motifs is 1. The van der Waals surface area contributed by atoms with Gasteiger partial charge in [0.15, 0.2) is 5.96 Å². The minimum atomic E-state index is 0.610. The molecule has 0 aliphatic rings. The van der Waals surface area contributed by atoms with Crippen LogP contribution in [0.5, 0.6) is 5.75 Å². The number of guanidine groups is 1. The first-order chi connectivity index (χ1) is 12.8. The van der Waals surface area contributed by atoms with Crippen LogP contribution in [-0.4, -0.2) is 31.1 Å². The van der Waals surface area contributed by atoms with Crippen molar-refractivity contribution in [3.8, 4) is 5.75 Å². The summed E-state index contributed by atoms with van der Waals surface area (Å²) in [5, 5.41) is 7.90. The fraction of sp³-hybridized carbons (Fsp3) is 0.286. The van der Waals surface area contributed by atoms with Crippen molar-refractivity contribution in [2.75, 3.05) is 20.2 Å². The van der Waals surface area contributed by atoms with Crippen molar-refractivity contribution in [2.24, 2.45) is 4.99 Å². The molecule has 136 valence electrons. The lowest BCUT2D eigenvalue weighted by molar-refractivity contribution is 0.409. The summed E-state index contributed by atoms with van der Waals surface area (Å²) in [5.41, 5.74) is 3.44. The number of nitrogens with one attached hydrogen (secondary N) is 3. The highest BCUT2D eigenvalue weighted by atomic mass is 16.5. The van der Waals surface area contributed by atoms with Crippen molar-refractivity contribution >= 4 is 16.9 Å². The first-order valence-corrected chi connectivity index (χ1v) is 9.01. The standard InChI is InChI=1S/C21H26N4O/c1-3-22-21(23-13-12-16-8-5-7-11-20(16)26-2)24-15-18-14-17-9-4-6-10-19(17)25-18/h4-11,14,25H,3,12-13,15H2,1-2H3,(H2,22,23,24). The van der Waals surface area contributed by atoms with E-state index in [1.165, 1.54) is 10.9 Å². The summed E-state index contributed by atoms with van der Waals surface area (Å²) in [6, 6.07) is 18.5. The lowest BCUT2D eigenvalue weighted by Crippen LogP contribution is -2.38. The van der Waals surface area contributed by atoms with Crippen LogP contribution >= 0.6 is 0 Å². The highest BCUT2D eigenvalue weighted by Gasteiger charge is 2.04. The molecule has 0 amide bonds. The summed E-state index contributed by atoms with van der Waals surface area (Å²) in [6.45, 7) is 4.30. The molecule has 5 heteroatoms. The molecule has 5 nitrogen and oxygen atoms in total. The van der Waals surface area contributed by atoms with Crippen LogP contribution in [0, 0.1) is 0 Å². The molecule has 3 aromatic rings. The van der Waals surface area contributed by atoms with Gasteiger partial charge >= 0.3 is 0 Å². The van der Waals surface area contributed by atoms with E-state index in [1.807, 2.05) is 30.3 Å². The number of aliphatic imine (C=N–C) groups is 1. The summed E-state index contributed by atoms with van der Waals surface area (Å²) < 4.78 is 5.41. The smallest absolute Gasteiger partial charge is 0.191 e. The zero-order valence-electron chi connectivity index (χ0n) is 15.4. The summed E-state index contributed by atoms with van der Waals surface area (Å²) in [5.74, 6) is 1.75. The van der Waals surface area contributed by atoms with Gasteiger partial charge in [-0.05, 0) is 42.5 Å². The van der Waals surface area contributed by atoms with Crippen molar-refractivity contribution in [3.63, 3.8) is 0 Å². The molecular weight excluding hydrogens is 324 g/mol. The summed E-state index contributed by atoms with van der Waals surface area (Å²) >= 11 is 0. The van der Waals surface area contributed by atoms with Crippen molar-refractivity contribution < 1.29 is 4.74 Å². The van der Waals surface area contributed by atoms with Gasteiger partial charge < -0.3 is 20.4 Å². The maximum Gasteiger partial charge on any atom is 0.191 e. The average Bonchev–Trinajstić information content (AvgIpc) is 3.09. The fourth-order valence-corrected chi connectivity index (χ4v) is 2.95. The SMILES string of the molecule is CCNC(=NCc1cc2ccccc2[nH]1)NCCc1ccccc1OC. The van der Waals surface area contributed by atoms with Gasteiger partial charge in [0.05, 0.1) is 13.7 Å². The Labute approximate surface area is 154 Å². The molecule has 3 N–H and O–H groups in total. The van der Waals surface area contributed by atoms with Gasteiger partial charge in [0.25, 0.3) is 0 Å². The zero-order chi connectivity index (χ0) is 18.2. The topological polar surface area (TPSA) is 61.4 Å². The number of methoxy groups -OCH3 is 1. The second kappa shape index (κ2) is 8.94. The first kappa shape index (κ1) is 17.9. The lowest BCUT2D eigenvalue weighted by atomic mass is 10.1. The van der Waals surface area contributed by atoms with E-state index in [9.17, 15) is 0 Å². The molecule has 0 saturated carbocycles. The minimum absolute atomic E-state index is 0.610. The molecule has 0 unspecified atom stereocenters. The molecule has 0 saturated heterocycles. The number of para-hydroxylation sites is 2. The second-order valence-electron chi connectivity index (χ2n) is 6.07. The third-order valence-corrected chi connectivity index (χ3v) is 4.22. The molecule has 1 heterocycles. The Morgan fingerprint density at radius 2 is 1.88 bits per heavy atom. The van der Waals surface area contributed by atoms with Crippen molar-refractivity contribution in [3.05, 3.63) is 65.9 Å². The van der Waals surface area contributed by atoms with Gasteiger partial charge in [-0.25, -0.2) is 4.99 Å². The Kier molecular flexibility index (Phi) is 6.14. The molecule has 1 aromatic heterocycles. The number of hydrogen-bond acceptors (Lipinski definition) is 2. The zero-order valence-corrected chi connectivity index (χ0v) is 15.4. The van der Waals surface area contributed by atoms with E-state index in [4.69, 9.17) is 4.74 Å². The van der Waals surface area contributed by atoms with Gasteiger partial charge in [0.2, 0.25) is 0 Å². The van der Waals surface area contributed by atoms with E-state index in [0.29, 0.717) is 6.54 Å². The van der Waals surface area contributed by atoms with Crippen LogP contribution < -0.4 is 15.4 Å². The van der Waals surface area contributed by atoms with Crippen LogP contribution in [-0.2, 0) is 13.0 Å². The van der Waals surface area contributed by atoms with Crippen molar-refractivity contribution in [1.82, 2.24) is 15.6 Å². The molecule has 0 fully saturated rings. The number of aromatic nitrogens is 1. The molecule has 0 aliphatic carbocycles. The van der Waals surface area contributed by atoms with Gasteiger partial charge in [0, 0.05) is 24.3 Å². The summed E-state index contributed by atoms with van der Waals surface area (Å²) in [6.07, 6.45) is 0.876. The predicted molar refractivity (Wildman–Crippen MR) is 108 cm³/mol. The lowest BCUT2D eigenvalue weighted by Gasteiger charge is -2.12. The number of ether oxygens (including phenoxy) is 1. The summed E-state index contributed by atoms with van der Waals surface area (Å²) in [4.78, 5) is 8.10. The molecule has 0 spiro atoms. The maximum absolute atomic E-state index is 5.41. The summed E-state index contributed by atoms with van der Waals surface area (Å²) in [7, 11) is 1.71. The van der Waals surface area contributed by atoms with Gasteiger partial charge in [-0.2, -0.15) is 0 Å². The fourth-order valence-electron chi connectivity index (χ4n) is 2.95. The first-order valence-electron chi connectivity index (χ1n) is 9.01. The van der Waals surface area contributed by atoms with E-state index in [-0.39, 0.29) is 0 Å². The van der Waals surface area contributed by atoms with E-state index in [2.05, 4.69) is 51.8 Å². The van der Waals surface area contributed by atoms with Crippen LogP contribution in [0.3, 0.4) is 0 Å². The molecule has 2 aromatic carbocycles. The number of nitrogens with zero attached hydrogens (tertiary/aromatic N) is 1. The third kappa shape index (κ3) is 4.57. The van der Waals surface area contributed by atoms with E-state index < -0.39 is 0 Å². The number of aromatic amines is 1. The van der Waals surface area contributed by atoms with Crippen molar-refractivity contribution in [2.45, 2.75) is 19.9 Å². The van der Waals surface area contributed by atoms with Crippen LogP contribution in [0.4, 0.5) is 0 Å². The largest absolute Gasteiger partial charge is 0.496 e. The number of rotatable bonds is 7. The maximum atomic E-state index is 5.41. The third-order valence-electron chi connectivity index (χ3n) is 4.22. The number of H-pyrrole nitrogens is 1. The van der Waals surface area contributed by atoms with E-state index in [1.54, 1.807) is 7.11 Å². The number of hydrogen-bond donors (Lipinski definition) is 3. The Hall–Kier alpha value is -2.95. The van der Waals surface area contributed by atoms with Crippen molar-refractivity contribution in [1.29, 1.82) is 0 Å². The highest BCUT2D eigenvalue weighted by molar-refractivity contribution is 5.81. The molecule has 0 atom stereocenters. The Morgan fingerprint density at radius 3 is 2.69 bits per heavy atom. The Morgan fingerprint density at radius 1 is 1.08 bits per heavy atom. The average molecular weight is 350 g/mol. The van der Waals surface area contributed by atoms with Crippen LogP contribution in [0.2, 0.25) is 0 Å². The van der Waals surface area contributed by atoms with E-state index >= 15 is 0 Å². The molecule has 0 bridgehead atoms. The van der Waals surface area contributed by atoms with Gasteiger partial charge in [0.1, 0.15) is 5.75 Å². The molecule has 26 heavy (non-hydrogen) atoms. The number of benzene rings is 2. The highest BCUT2D eigenvalue weighted by Crippen LogP contribution is 2.17. The molecule has 3 rings (SSSR count). The molecular formula is C21H26N4O. The van der Waals surface area contributed by atoms with Crippen LogP contribution in [0.15, 0.2) is 59.6 Å². The normalized spacial score (nSPS) is 11.5. The predicted octanol–water partition coefficient (Wildman–Crippen LogP) is 3.47. The van der Waals surface area contributed by atoms with Gasteiger partial charge in [-0.15, -0.1) is 0 Å².